The maximum absolute atomic E-state index is 12.4. The molecule has 128 valence electrons. The van der Waals surface area contributed by atoms with Crippen molar-refractivity contribution in [1.29, 1.82) is 0 Å². The summed E-state index contributed by atoms with van der Waals surface area (Å²) in [6.07, 6.45) is 0.911. The fraction of sp³-hybridized carbons (Fsp3) is 0.211. The number of Topliss-reactive ketones (excluding diaryl/α,β-unsaturated/α-hetero) is 3. The summed E-state index contributed by atoms with van der Waals surface area (Å²) in [6, 6.07) is 11.6. The number of ether oxygens (including phenoxy) is 1. The van der Waals surface area contributed by atoms with Gasteiger partial charge in [0.2, 0.25) is 11.6 Å². The summed E-state index contributed by atoms with van der Waals surface area (Å²) < 4.78 is 28.5. The van der Waals surface area contributed by atoms with Crippen LogP contribution in [-0.2, 0) is 4.79 Å². The molecule has 0 saturated heterocycles. The number of halogens is 2. The van der Waals surface area contributed by atoms with Crippen molar-refractivity contribution in [2.24, 2.45) is 0 Å². The molecule has 1 fully saturated rings. The summed E-state index contributed by atoms with van der Waals surface area (Å²) in [6.45, 7) is -2.95. The molecule has 4 nitrogen and oxygen atoms in total. The highest BCUT2D eigenvalue weighted by Crippen LogP contribution is 2.33. The van der Waals surface area contributed by atoms with Crippen LogP contribution >= 0.6 is 0 Å². The summed E-state index contributed by atoms with van der Waals surface area (Å²) in [4.78, 5) is 35.8. The van der Waals surface area contributed by atoms with Gasteiger partial charge in [-0.15, -0.1) is 0 Å². The summed E-state index contributed by atoms with van der Waals surface area (Å²) in [5, 5.41) is 0. The third-order valence-electron chi connectivity index (χ3n) is 4.12. The monoisotopic (exact) mass is 344 g/mol. The first-order chi connectivity index (χ1) is 11.9. The third-order valence-corrected chi connectivity index (χ3v) is 4.12. The Morgan fingerprint density at radius 3 is 2.20 bits per heavy atom. The zero-order valence-corrected chi connectivity index (χ0v) is 13.1. The van der Waals surface area contributed by atoms with Gasteiger partial charge in [0.15, 0.2) is 0 Å². The average molecular weight is 344 g/mol. The zero-order chi connectivity index (χ0) is 18.0. The molecule has 0 unspecified atom stereocenters. The molecule has 3 rings (SSSR count). The summed E-state index contributed by atoms with van der Waals surface area (Å²) in [5.41, 5.74) is 1.20. The normalized spacial score (nSPS) is 14.3. The first-order valence-electron chi connectivity index (χ1n) is 7.69. The Kier molecular flexibility index (Phi) is 4.70. The first-order valence-corrected chi connectivity index (χ1v) is 7.69. The van der Waals surface area contributed by atoms with Crippen LogP contribution in [0.4, 0.5) is 8.78 Å². The zero-order valence-electron chi connectivity index (χ0n) is 13.1. The highest BCUT2D eigenvalue weighted by molar-refractivity contribution is 6.49. The predicted molar refractivity (Wildman–Crippen MR) is 85.2 cm³/mol. The van der Waals surface area contributed by atoms with E-state index in [1.165, 1.54) is 24.3 Å². The van der Waals surface area contributed by atoms with Gasteiger partial charge in [0.05, 0.1) is 0 Å². The number of ketones is 3. The molecule has 0 aliphatic heterocycles. The number of benzene rings is 2. The van der Waals surface area contributed by atoms with E-state index in [9.17, 15) is 23.2 Å². The van der Waals surface area contributed by atoms with Gasteiger partial charge in [0.1, 0.15) is 11.5 Å². The maximum atomic E-state index is 12.4. The largest absolute Gasteiger partial charge is 0.435 e. The Morgan fingerprint density at radius 1 is 0.960 bits per heavy atom. The molecule has 0 bridgehead atoms. The quantitative estimate of drug-likeness (QED) is 0.591. The Bertz CT molecular complexity index is 820. The van der Waals surface area contributed by atoms with Gasteiger partial charge in [-0.05, 0) is 41.8 Å². The van der Waals surface area contributed by atoms with Gasteiger partial charge in [-0.25, -0.2) is 0 Å². The lowest BCUT2D eigenvalue weighted by molar-refractivity contribution is -0.124. The Balaban J connectivity index is 1.75. The van der Waals surface area contributed by atoms with Gasteiger partial charge in [-0.1, -0.05) is 18.2 Å². The highest BCUT2D eigenvalue weighted by atomic mass is 19.3. The molecule has 0 atom stereocenters. The fourth-order valence-electron chi connectivity index (χ4n) is 2.71. The van der Waals surface area contributed by atoms with Crippen LogP contribution in [-0.4, -0.2) is 24.0 Å². The topological polar surface area (TPSA) is 60.4 Å². The van der Waals surface area contributed by atoms with E-state index >= 15 is 0 Å². The minimum atomic E-state index is -2.95. The maximum Gasteiger partial charge on any atom is 0.387 e. The molecular weight excluding hydrogens is 330 g/mol. The lowest BCUT2D eigenvalue weighted by atomic mass is 9.78. The second-order valence-corrected chi connectivity index (χ2v) is 5.83. The lowest BCUT2D eigenvalue weighted by Gasteiger charge is -2.24. The molecule has 0 aromatic heterocycles. The van der Waals surface area contributed by atoms with Crippen molar-refractivity contribution in [3.8, 4) is 5.75 Å². The minimum Gasteiger partial charge on any atom is -0.435 e. The number of hydrogen-bond donors (Lipinski definition) is 0. The number of carbonyl (C=O) groups excluding carboxylic acids is 3. The van der Waals surface area contributed by atoms with E-state index in [0.29, 0.717) is 12.8 Å². The van der Waals surface area contributed by atoms with Crippen molar-refractivity contribution in [2.45, 2.75) is 25.4 Å². The summed E-state index contributed by atoms with van der Waals surface area (Å²) in [5.74, 6) is -1.22. The van der Waals surface area contributed by atoms with Crippen molar-refractivity contribution in [1.82, 2.24) is 0 Å². The molecule has 0 amide bonds. The summed E-state index contributed by atoms with van der Waals surface area (Å²) in [7, 11) is 0. The van der Waals surface area contributed by atoms with Crippen molar-refractivity contribution in [3.05, 3.63) is 65.2 Å². The molecule has 1 aliphatic carbocycles. The predicted octanol–water partition coefficient (Wildman–Crippen LogP) is 3.80. The molecule has 1 saturated carbocycles. The molecule has 0 radical (unpaired) electrons. The minimum absolute atomic E-state index is 0.0874. The Morgan fingerprint density at radius 2 is 1.60 bits per heavy atom. The fourth-order valence-corrected chi connectivity index (χ4v) is 2.71. The van der Waals surface area contributed by atoms with Gasteiger partial charge >= 0.3 is 6.61 Å². The molecule has 6 heteroatoms. The number of alkyl halides is 2. The van der Waals surface area contributed by atoms with Crippen LogP contribution in [0.2, 0.25) is 0 Å². The van der Waals surface area contributed by atoms with Crippen LogP contribution in [0.25, 0.3) is 0 Å². The van der Waals surface area contributed by atoms with Crippen molar-refractivity contribution in [3.63, 3.8) is 0 Å². The van der Waals surface area contributed by atoms with Gasteiger partial charge in [0, 0.05) is 24.0 Å². The van der Waals surface area contributed by atoms with Crippen molar-refractivity contribution in [2.75, 3.05) is 0 Å². The van der Waals surface area contributed by atoms with E-state index in [2.05, 4.69) is 4.74 Å². The van der Waals surface area contributed by atoms with E-state index < -0.39 is 18.2 Å². The van der Waals surface area contributed by atoms with Crippen LogP contribution < -0.4 is 4.74 Å². The molecule has 2 aromatic rings. The van der Waals surface area contributed by atoms with E-state index in [0.717, 1.165) is 5.56 Å². The van der Waals surface area contributed by atoms with E-state index in [4.69, 9.17) is 0 Å². The SMILES string of the molecule is O=C1CC(c2cccc(C(=O)C(=O)c3ccc(OC(F)F)cc3)c2)C1. The van der Waals surface area contributed by atoms with E-state index in [-0.39, 0.29) is 28.6 Å². The number of rotatable bonds is 6. The van der Waals surface area contributed by atoms with Crippen molar-refractivity contribution < 1.29 is 27.9 Å². The standard InChI is InChI=1S/C19H14F2O4/c20-19(21)25-16-6-4-11(5-7-16)17(23)18(24)13-3-1-2-12(8-13)14-9-15(22)10-14/h1-8,14,19H,9-10H2. The molecule has 1 aliphatic rings. The highest BCUT2D eigenvalue weighted by Gasteiger charge is 2.28. The van der Waals surface area contributed by atoms with Gasteiger partial charge < -0.3 is 4.74 Å². The van der Waals surface area contributed by atoms with Crippen LogP contribution in [0, 0.1) is 0 Å². The number of carbonyl (C=O) groups is 3. The molecule has 25 heavy (non-hydrogen) atoms. The second-order valence-electron chi connectivity index (χ2n) is 5.83. The van der Waals surface area contributed by atoms with Crippen LogP contribution in [0.1, 0.15) is 45.0 Å². The van der Waals surface area contributed by atoms with Gasteiger partial charge in [-0.2, -0.15) is 8.78 Å². The first kappa shape index (κ1) is 17.0. The van der Waals surface area contributed by atoms with Crippen LogP contribution in [0.15, 0.2) is 48.5 Å². The van der Waals surface area contributed by atoms with E-state index in [1.54, 1.807) is 18.2 Å². The van der Waals surface area contributed by atoms with Crippen LogP contribution in [0.5, 0.6) is 5.75 Å². The van der Waals surface area contributed by atoms with E-state index in [1.807, 2.05) is 6.07 Å². The smallest absolute Gasteiger partial charge is 0.387 e. The number of hydrogen-bond acceptors (Lipinski definition) is 4. The molecule has 2 aromatic carbocycles. The van der Waals surface area contributed by atoms with Gasteiger partial charge in [0.25, 0.3) is 0 Å². The Labute approximate surface area is 142 Å². The second kappa shape index (κ2) is 6.93. The molecule has 0 N–H and O–H groups in total. The molecular formula is C19H14F2O4. The van der Waals surface area contributed by atoms with Gasteiger partial charge in [-0.3, -0.25) is 14.4 Å². The molecule has 0 spiro atoms. The Hall–Kier alpha value is -2.89. The third kappa shape index (κ3) is 3.79. The summed E-state index contributed by atoms with van der Waals surface area (Å²) >= 11 is 0. The average Bonchev–Trinajstić information content (AvgIpc) is 2.58. The van der Waals surface area contributed by atoms with Crippen LogP contribution in [0.3, 0.4) is 0 Å². The van der Waals surface area contributed by atoms with Crippen molar-refractivity contribution >= 4 is 17.3 Å². The molecule has 0 heterocycles. The lowest BCUT2D eigenvalue weighted by Crippen LogP contribution is -2.22.